The first-order valence-electron chi connectivity index (χ1n) is 5.07. The minimum absolute atomic E-state index is 0.214. The lowest BCUT2D eigenvalue weighted by atomic mass is 9.86. The van der Waals surface area contributed by atoms with Crippen LogP contribution >= 0.6 is 0 Å². The maximum absolute atomic E-state index is 3.32. The third kappa shape index (κ3) is 1.43. The van der Waals surface area contributed by atoms with E-state index in [0.29, 0.717) is 0 Å². The molecule has 0 aliphatic rings. The van der Waals surface area contributed by atoms with E-state index in [1.54, 1.807) is 0 Å². The van der Waals surface area contributed by atoms with Crippen molar-refractivity contribution in [1.82, 2.24) is 4.98 Å². The van der Waals surface area contributed by atoms with Crippen LogP contribution in [-0.4, -0.2) is 4.98 Å². The molecule has 2 rings (SSSR count). The standard InChI is InChI=1S/C13H17N/c1-9-5-6-12-10(7-9)11(8-14-12)13(2,3)4/h5-8,14H,1-4H3. The highest BCUT2D eigenvalue weighted by molar-refractivity contribution is 5.84. The number of hydrogen-bond acceptors (Lipinski definition) is 0. The zero-order chi connectivity index (χ0) is 10.3. The van der Waals surface area contributed by atoms with E-state index in [1.807, 2.05) is 0 Å². The summed E-state index contributed by atoms with van der Waals surface area (Å²) >= 11 is 0. The van der Waals surface area contributed by atoms with Gasteiger partial charge in [-0.15, -0.1) is 0 Å². The molecule has 0 radical (unpaired) electrons. The predicted molar refractivity (Wildman–Crippen MR) is 61.7 cm³/mol. The Balaban J connectivity index is 2.73. The quantitative estimate of drug-likeness (QED) is 0.646. The summed E-state index contributed by atoms with van der Waals surface area (Å²) < 4.78 is 0. The summed E-state index contributed by atoms with van der Waals surface area (Å²) in [4.78, 5) is 3.32. The first kappa shape index (κ1) is 9.32. The van der Waals surface area contributed by atoms with E-state index in [2.05, 4.69) is 57.1 Å². The maximum atomic E-state index is 3.32. The fourth-order valence-corrected chi connectivity index (χ4v) is 1.85. The molecule has 1 aromatic carbocycles. The summed E-state index contributed by atoms with van der Waals surface area (Å²) in [6, 6.07) is 6.55. The van der Waals surface area contributed by atoms with Gasteiger partial charge in [-0.2, -0.15) is 0 Å². The summed E-state index contributed by atoms with van der Waals surface area (Å²) in [5, 5.41) is 1.36. The average molecular weight is 187 g/mol. The number of hydrogen-bond donors (Lipinski definition) is 1. The Bertz CT molecular complexity index is 458. The third-order valence-corrected chi connectivity index (χ3v) is 2.65. The van der Waals surface area contributed by atoms with E-state index < -0.39 is 0 Å². The Hall–Kier alpha value is -1.24. The van der Waals surface area contributed by atoms with Crippen LogP contribution in [0.1, 0.15) is 31.9 Å². The Labute approximate surface area is 85.1 Å². The lowest BCUT2D eigenvalue weighted by molar-refractivity contribution is 0.596. The minimum Gasteiger partial charge on any atom is -0.361 e. The lowest BCUT2D eigenvalue weighted by Gasteiger charge is -2.17. The van der Waals surface area contributed by atoms with E-state index in [4.69, 9.17) is 0 Å². The molecule has 1 N–H and O–H groups in total. The van der Waals surface area contributed by atoms with Crippen LogP contribution in [0.2, 0.25) is 0 Å². The normalized spacial score (nSPS) is 12.3. The van der Waals surface area contributed by atoms with Gasteiger partial charge in [0.05, 0.1) is 0 Å². The smallest absolute Gasteiger partial charge is 0.0457 e. The van der Waals surface area contributed by atoms with Gasteiger partial charge >= 0.3 is 0 Å². The summed E-state index contributed by atoms with van der Waals surface area (Å²) in [5.41, 5.74) is 4.17. The molecule has 0 bridgehead atoms. The third-order valence-electron chi connectivity index (χ3n) is 2.65. The Kier molecular flexibility index (Phi) is 1.91. The van der Waals surface area contributed by atoms with Crippen molar-refractivity contribution in [2.24, 2.45) is 0 Å². The van der Waals surface area contributed by atoms with Gasteiger partial charge < -0.3 is 4.98 Å². The average Bonchev–Trinajstić information content (AvgIpc) is 2.45. The second-order valence-electron chi connectivity index (χ2n) is 5.00. The molecule has 0 amide bonds. The first-order valence-corrected chi connectivity index (χ1v) is 5.07. The molecule has 1 aromatic heterocycles. The summed E-state index contributed by atoms with van der Waals surface area (Å²) in [5.74, 6) is 0. The Morgan fingerprint density at radius 1 is 1.14 bits per heavy atom. The molecule has 0 saturated carbocycles. The minimum atomic E-state index is 0.214. The van der Waals surface area contributed by atoms with Gasteiger partial charge in [0, 0.05) is 17.1 Å². The van der Waals surface area contributed by atoms with Gasteiger partial charge in [0.25, 0.3) is 0 Å². The molecule has 0 aliphatic carbocycles. The van der Waals surface area contributed by atoms with Crippen LogP contribution in [0.5, 0.6) is 0 Å². The van der Waals surface area contributed by atoms with Crippen molar-refractivity contribution in [2.45, 2.75) is 33.1 Å². The fraction of sp³-hybridized carbons (Fsp3) is 0.385. The highest BCUT2D eigenvalue weighted by atomic mass is 14.7. The van der Waals surface area contributed by atoms with Gasteiger partial charge in [0.15, 0.2) is 0 Å². The summed E-state index contributed by atoms with van der Waals surface area (Å²) in [6.07, 6.45) is 2.13. The molecule has 14 heavy (non-hydrogen) atoms. The molecular formula is C13H17N. The zero-order valence-electron chi connectivity index (χ0n) is 9.31. The van der Waals surface area contributed by atoms with Gasteiger partial charge in [-0.1, -0.05) is 32.4 Å². The number of rotatable bonds is 0. The van der Waals surface area contributed by atoms with Crippen molar-refractivity contribution < 1.29 is 0 Å². The molecule has 0 fully saturated rings. The first-order chi connectivity index (χ1) is 6.48. The van der Waals surface area contributed by atoms with Gasteiger partial charge in [-0.25, -0.2) is 0 Å². The van der Waals surface area contributed by atoms with E-state index in [1.165, 1.54) is 22.0 Å². The van der Waals surface area contributed by atoms with Crippen LogP contribution in [0, 0.1) is 6.92 Å². The SMILES string of the molecule is Cc1ccc2[nH]cc(C(C)(C)C)c2c1. The number of aryl methyl sites for hydroxylation is 1. The van der Waals surface area contributed by atoms with Crippen molar-refractivity contribution in [1.29, 1.82) is 0 Å². The number of H-pyrrole nitrogens is 1. The van der Waals surface area contributed by atoms with Gasteiger partial charge in [0.2, 0.25) is 0 Å². The zero-order valence-corrected chi connectivity index (χ0v) is 9.31. The van der Waals surface area contributed by atoms with Crippen LogP contribution in [0.3, 0.4) is 0 Å². The number of nitrogens with one attached hydrogen (secondary N) is 1. The van der Waals surface area contributed by atoms with Crippen molar-refractivity contribution in [3.05, 3.63) is 35.5 Å². The van der Waals surface area contributed by atoms with Crippen LogP contribution in [0.15, 0.2) is 24.4 Å². The molecule has 0 saturated heterocycles. The van der Waals surface area contributed by atoms with E-state index in [9.17, 15) is 0 Å². The topological polar surface area (TPSA) is 15.8 Å². The molecule has 0 spiro atoms. The van der Waals surface area contributed by atoms with Gasteiger partial charge in [-0.05, 0) is 30.0 Å². The molecule has 1 nitrogen and oxygen atoms in total. The van der Waals surface area contributed by atoms with E-state index in [-0.39, 0.29) is 5.41 Å². The van der Waals surface area contributed by atoms with Crippen molar-refractivity contribution in [2.75, 3.05) is 0 Å². The molecular weight excluding hydrogens is 170 g/mol. The second kappa shape index (κ2) is 2.88. The number of aromatic amines is 1. The van der Waals surface area contributed by atoms with Crippen molar-refractivity contribution in [3.8, 4) is 0 Å². The van der Waals surface area contributed by atoms with Crippen molar-refractivity contribution >= 4 is 10.9 Å². The molecule has 0 unspecified atom stereocenters. The fourth-order valence-electron chi connectivity index (χ4n) is 1.85. The monoisotopic (exact) mass is 187 g/mol. The largest absolute Gasteiger partial charge is 0.361 e. The Morgan fingerprint density at radius 3 is 2.50 bits per heavy atom. The predicted octanol–water partition coefficient (Wildman–Crippen LogP) is 3.77. The van der Waals surface area contributed by atoms with Gasteiger partial charge in [0.1, 0.15) is 0 Å². The maximum Gasteiger partial charge on any atom is 0.0457 e. The van der Waals surface area contributed by atoms with Crippen LogP contribution in [0.25, 0.3) is 10.9 Å². The van der Waals surface area contributed by atoms with Gasteiger partial charge in [-0.3, -0.25) is 0 Å². The second-order valence-corrected chi connectivity index (χ2v) is 5.00. The number of aromatic nitrogens is 1. The molecule has 74 valence electrons. The van der Waals surface area contributed by atoms with Crippen LogP contribution in [0.4, 0.5) is 0 Å². The van der Waals surface area contributed by atoms with E-state index >= 15 is 0 Å². The molecule has 0 atom stereocenters. The molecule has 1 heterocycles. The number of benzene rings is 1. The summed E-state index contributed by atoms with van der Waals surface area (Å²) in [7, 11) is 0. The lowest BCUT2D eigenvalue weighted by Crippen LogP contribution is -2.09. The highest BCUT2D eigenvalue weighted by Gasteiger charge is 2.17. The number of fused-ring (bicyclic) bond motifs is 1. The highest BCUT2D eigenvalue weighted by Crippen LogP contribution is 2.30. The molecule has 0 aliphatic heterocycles. The Morgan fingerprint density at radius 2 is 1.86 bits per heavy atom. The van der Waals surface area contributed by atoms with Crippen molar-refractivity contribution in [3.63, 3.8) is 0 Å². The van der Waals surface area contributed by atoms with Crippen LogP contribution < -0.4 is 0 Å². The molecule has 2 aromatic rings. The van der Waals surface area contributed by atoms with Crippen LogP contribution in [-0.2, 0) is 5.41 Å². The summed E-state index contributed by atoms with van der Waals surface area (Å²) in [6.45, 7) is 8.88. The van der Waals surface area contributed by atoms with E-state index in [0.717, 1.165) is 0 Å². The molecule has 1 heteroatoms.